The molecule has 1 aromatic carbocycles. The van der Waals surface area contributed by atoms with Crippen molar-refractivity contribution in [2.45, 2.75) is 31.1 Å². The molecule has 5 atom stereocenters. The molecule has 3 aliphatic heterocycles. The maximum atomic E-state index is 12.7. The molecule has 5 heteroatoms. The largest absolute Gasteiger partial charge is 0.394 e. The van der Waals surface area contributed by atoms with Crippen molar-refractivity contribution in [3.05, 3.63) is 35.9 Å². The molecule has 0 spiro atoms. The van der Waals surface area contributed by atoms with Gasteiger partial charge in [0.05, 0.1) is 36.7 Å². The van der Waals surface area contributed by atoms with Gasteiger partial charge in [-0.1, -0.05) is 30.3 Å². The lowest BCUT2D eigenvalue weighted by atomic mass is 9.81. The predicted octanol–water partition coefficient (Wildman–Crippen LogP) is 0.882. The van der Waals surface area contributed by atoms with Gasteiger partial charge >= 0.3 is 0 Å². The number of carbonyl (C=O) groups is 2. The molecule has 21 heavy (non-hydrogen) atoms. The van der Waals surface area contributed by atoms with Gasteiger partial charge in [-0.25, -0.2) is 0 Å². The molecule has 4 rings (SSSR count). The van der Waals surface area contributed by atoms with Crippen molar-refractivity contribution in [1.29, 1.82) is 0 Å². The van der Waals surface area contributed by atoms with Crippen molar-refractivity contribution >= 4 is 11.8 Å². The molecule has 0 aromatic heterocycles. The number of aliphatic hydroxyl groups is 1. The van der Waals surface area contributed by atoms with E-state index in [2.05, 4.69) is 0 Å². The zero-order valence-corrected chi connectivity index (χ0v) is 11.5. The van der Waals surface area contributed by atoms with Gasteiger partial charge in [0.15, 0.2) is 0 Å². The molecule has 1 N–H and O–H groups in total. The number of hydrogen-bond donors (Lipinski definition) is 1. The summed E-state index contributed by atoms with van der Waals surface area (Å²) in [5, 5.41) is 9.71. The van der Waals surface area contributed by atoms with Crippen molar-refractivity contribution in [2.24, 2.45) is 11.8 Å². The Bertz CT molecular complexity index is 559. The normalized spacial score (nSPS) is 35.4. The van der Waals surface area contributed by atoms with Crippen LogP contribution in [-0.4, -0.2) is 40.6 Å². The minimum absolute atomic E-state index is 0.114. The van der Waals surface area contributed by atoms with E-state index < -0.39 is 6.04 Å². The van der Waals surface area contributed by atoms with E-state index in [0.29, 0.717) is 0 Å². The van der Waals surface area contributed by atoms with Gasteiger partial charge < -0.3 is 9.84 Å². The van der Waals surface area contributed by atoms with Gasteiger partial charge in [0.2, 0.25) is 11.8 Å². The minimum atomic E-state index is -0.587. The second-order valence-electron chi connectivity index (χ2n) is 6.00. The lowest BCUT2D eigenvalue weighted by Gasteiger charge is -2.26. The fourth-order valence-electron chi connectivity index (χ4n) is 4.05. The van der Waals surface area contributed by atoms with Gasteiger partial charge in [-0.2, -0.15) is 0 Å². The van der Waals surface area contributed by atoms with Gasteiger partial charge in [-0.05, 0) is 18.4 Å². The Balaban J connectivity index is 1.69. The quantitative estimate of drug-likeness (QED) is 0.838. The van der Waals surface area contributed by atoms with E-state index in [1.54, 1.807) is 0 Å². The highest BCUT2D eigenvalue weighted by Crippen LogP contribution is 2.50. The molecule has 1 aromatic rings. The number of carbonyl (C=O) groups excluding carboxylic acids is 2. The third kappa shape index (κ3) is 1.71. The summed E-state index contributed by atoms with van der Waals surface area (Å²) in [5.41, 5.74) is 0.787. The Labute approximate surface area is 122 Å². The first-order valence-corrected chi connectivity index (χ1v) is 7.40. The number of amides is 2. The summed E-state index contributed by atoms with van der Waals surface area (Å²) in [6.45, 7) is -0.253. The van der Waals surface area contributed by atoms with Crippen LogP contribution in [0.1, 0.15) is 24.4 Å². The van der Waals surface area contributed by atoms with Crippen LogP contribution in [0, 0.1) is 11.8 Å². The van der Waals surface area contributed by atoms with Crippen LogP contribution in [0.15, 0.2) is 30.3 Å². The summed E-state index contributed by atoms with van der Waals surface area (Å²) in [6.07, 6.45) is 1.48. The molecule has 110 valence electrons. The number of aliphatic hydroxyl groups excluding tert-OH is 1. The van der Waals surface area contributed by atoms with Crippen molar-refractivity contribution in [3.8, 4) is 0 Å². The second-order valence-corrected chi connectivity index (χ2v) is 6.00. The van der Waals surface area contributed by atoms with E-state index in [1.807, 2.05) is 30.3 Å². The maximum Gasteiger partial charge on any atom is 0.236 e. The Morgan fingerprint density at radius 3 is 2.19 bits per heavy atom. The maximum absolute atomic E-state index is 12.7. The van der Waals surface area contributed by atoms with Crippen LogP contribution in [0.3, 0.4) is 0 Å². The van der Waals surface area contributed by atoms with Crippen LogP contribution in [0.2, 0.25) is 0 Å². The summed E-state index contributed by atoms with van der Waals surface area (Å²) in [4.78, 5) is 26.6. The molecule has 0 aliphatic carbocycles. The highest BCUT2D eigenvalue weighted by Gasteiger charge is 2.63. The van der Waals surface area contributed by atoms with E-state index >= 15 is 0 Å². The molecule has 5 nitrogen and oxygen atoms in total. The SMILES string of the molecule is O=C1C2C3CCC(O3)C2C(=O)N1[C@H](CO)c1ccccc1. The van der Waals surface area contributed by atoms with E-state index in [0.717, 1.165) is 18.4 Å². The van der Waals surface area contributed by atoms with Crippen LogP contribution in [0.5, 0.6) is 0 Å². The number of imide groups is 1. The predicted molar refractivity (Wildman–Crippen MR) is 73.0 cm³/mol. The zero-order valence-electron chi connectivity index (χ0n) is 11.5. The Kier molecular flexibility index (Phi) is 2.87. The Hall–Kier alpha value is -1.72. The number of nitrogens with zero attached hydrogens (tertiary/aromatic N) is 1. The Morgan fingerprint density at radius 1 is 1.10 bits per heavy atom. The first-order valence-electron chi connectivity index (χ1n) is 7.40. The molecule has 0 radical (unpaired) electrons. The van der Waals surface area contributed by atoms with Crippen LogP contribution in [0.4, 0.5) is 0 Å². The van der Waals surface area contributed by atoms with Crippen LogP contribution < -0.4 is 0 Å². The number of likely N-dealkylation sites (tertiary alicyclic amines) is 1. The summed E-state index contributed by atoms with van der Waals surface area (Å²) in [7, 11) is 0. The monoisotopic (exact) mass is 287 g/mol. The number of benzene rings is 1. The number of rotatable bonds is 3. The molecule has 4 unspecified atom stereocenters. The highest BCUT2D eigenvalue weighted by atomic mass is 16.5. The van der Waals surface area contributed by atoms with Gasteiger partial charge in [-0.15, -0.1) is 0 Å². The first-order chi connectivity index (χ1) is 10.2. The van der Waals surface area contributed by atoms with E-state index in [-0.39, 0.29) is 42.5 Å². The average Bonchev–Trinajstić information content (AvgIpc) is 3.18. The third-order valence-corrected chi connectivity index (χ3v) is 4.99. The average molecular weight is 287 g/mol. The minimum Gasteiger partial charge on any atom is -0.394 e. The topological polar surface area (TPSA) is 66.8 Å². The zero-order chi connectivity index (χ0) is 14.6. The lowest BCUT2D eigenvalue weighted by molar-refractivity contribution is -0.146. The van der Waals surface area contributed by atoms with Crippen molar-refractivity contribution in [2.75, 3.05) is 6.61 Å². The van der Waals surface area contributed by atoms with Gasteiger partial charge in [0.25, 0.3) is 0 Å². The molecule has 3 saturated heterocycles. The number of ether oxygens (including phenoxy) is 1. The van der Waals surface area contributed by atoms with Crippen LogP contribution >= 0.6 is 0 Å². The van der Waals surface area contributed by atoms with E-state index in [4.69, 9.17) is 4.74 Å². The summed E-state index contributed by atoms with van der Waals surface area (Å²) < 4.78 is 5.72. The van der Waals surface area contributed by atoms with Crippen molar-refractivity contribution in [1.82, 2.24) is 4.90 Å². The lowest BCUT2D eigenvalue weighted by Crippen LogP contribution is -2.39. The van der Waals surface area contributed by atoms with Crippen molar-refractivity contribution < 1.29 is 19.4 Å². The molecular formula is C16H17NO4. The summed E-state index contributed by atoms with van der Waals surface area (Å²) >= 11 is 0. The van der Waals surface area contributed by atoms with Crippen LogP contribution in [0.25, 0.3) is 0 Å². The molecule has 2 amide bonds. The molecular weight excluding hydrogens is 270 g/mol. The second kappa shape index (κ2) is 4.64. The van der Waals surface area contributed by atoms with E-state index in [9.17, 15) is 14.7 Å². The summed E-state index contributed by atoms with van der Waals surface area (Å²) in [5.74, 6) is -1.04. The molecule has 0 saturated carbocycles. The Morgan fingerprint density at radius 2 is 1.67 bits per heavy atom. The molecule has 2 bridgehead atoms. The fraction of sp³-hybridized carbons (Fsp3) is 0.500. The van der Waals surface area contributed by atoms with Gasteiger partial charge in [0, 0.05) is 0 Å². The smallest absolute Gasteiger partial charge is 0.236 e. The molecule has 3 aliphatic rings. The standard InChI is InChI=1S/C16H17NO4/c18-8-10(9-4-2-1-3-5-9)17-15(19)13-11-6-7-12(21-11)14(13)16(17)20/h1-5,10-14,18H,6-8H2/t10-,11?,12?,13?,14?/m1/s1. The van der Waals surface area contributed by atoms with Crippen LogP contribution in [-0.2, 0) is 14.3 Å². The molecule has 3 heterocycles. The van der Waals surface area contributed by atoms with Crippen molar-refractivity contribution in [3.63, 3.8) is 0 Å². The van der Waals surface area contributed by atoms with Gasteiger partial charge in [-0.3, -0.25) is 14.5 Å². The van der Waals surface area contributed by atoms with Gasteiger partial charge in [0.1, 0.15) is 0 Å². The highest BCUT2D eigenvalue weighted by molar-refractivity contribution is 6.06. The first kappa shape index (κ1) is 13.0. The third-order valence-electron chi connectivity index (χ3n) is 4.99. The van der Waals surface area contributed by atoms with E-state index in [1.165, 1.54) is 4.90 Å². The number of fused-ring (bicyclic) bond motifs is 5. The fourth-order valence-corrected chi connectivity index (χ4v) is 4.05. The summed E-state index contributed by atoms with van der Waals surface area (Å²) in [6, 6.07) is 8.64. The molecule has 3 fully saturated rings. The number of hydrogen-bond acceptors (Lipinski definition) is 4.